The van der Waals surface area contributed by atoms with Crippen molar-refractivity contribution < 1.29 is 0 Å². The molecule has 3 rings (SSSR count). The van der Waals surface area contributed by atoms with E-state index in [1.165, 1.54) is 0 Å². The van der Waals surface area contributed by atoms with E-state index in [2.05, 4.69) is 60.5 Å². The van der Waals surface area contributed by atoms with Gasteiger partial charge in [-0.2, -0.15) is 5.26 Å². The Kier molecular flexibility index (Phi) is 4.01. The molecule has 2 aromatic heterocycles. The highest BCUT2D eigenvalue weighted by Gasteiger charge is 2.12. The fraction of sp³-hybridized carbons (Fsp3) is 0. The summed E-state index contributed by atoms with van der Waals surface area (Å²) in [6.45, 7) is 0. The number of hydrogen-bond donors (Lipinski definition) is 0. The molecule has 1 aromatic carbocycles. The first-order valence-electron chi connectivity index (χ1n) is 5.69. The van der Waals surface area contributed by atoms with E-state index in [9.17, 15) is 0 Å². The van der Waals surface area contributed by atoms with Gasteiger partial charge in [0.1, 0.15) is 0 Å². The Morgan fingerprint density at radius 3 is 2.70 bits per heavy atom. The number of fused-ring (bicyclic) bond motifs is 1. The maximum atomic E-state index is 8.87. The molecule has 0 saturated carbocycles. The van der Waals surface area contributed by atoms with Crippen LogP contribution in [0.5, 0.6) is 0 Å². The highest BCUT2D eigenvalue weighted by molar-refractivity contribution is 14.2. The summed E-state index contributed by atoms with van der Waals surface area (Å²) in [7, 11) is 1.58. The quantitative estimate of drug-likeness (QED) is 0.499. The summed E-state index contributed by atoms with van der Waals surface area (Å²) in [5.41, 5.74) is 3.80. The number of hydrogen-bond acceptors (Lipinski definition) is 3. The summed E-state index contributed by atoms with van der Waals surface area (Å²) in [5, 5.41) is 9.97. The van der Waals surface area contributed by atoms with Crippen molar-refractivity contribution in [2.45, 2.75) is 0 Å². The summed E-state index contributed by atoms with van der Waals surface area (Å²) in [5.74, 6) is 0. The average molecular weight is 456 g/mol. The molecule has 6 heteroatoms. The summed E-state index contributed by atoms with van der Waals surface area (Å²) in [4.78, 5) is 4.47. The first kappa shape index (κ1) is 13.9. The van der Waals surface area contributed by atoms with Crippen LogP contribution in [0.2, 0.25) is 0 Å². The van der Waals surface area contributed by atoms with Gasteiger partial charge in [0, 0.05) is 58.1 Å². The van der Waals surface area contributed by atoms with Gasteiger partial charge in [0.05, 0.1) is 11.6 Å². The van der Waals surface area contributed by atoms with Crippen LogP contribution in [0.4, 0.5) is 0 Å². The minimum absolute atomic E-state index is 0.667. The van der Waals surface area contributed by atoms with Gasteiger partial charge in [-0.05, 0) is 39.7 Å². The van der Waals surface area contributed by atoms with Gasteiger partial charge in [0.2, 0.25) is 0 Å². The lowest BCUT2D eigenvalue weighted by atomic mass is 10.0. The van der Waals surface area contributed by atoms with Gasteiger partial charge < -0.3 is 0 Å². The summed E-state index contributed by atoms with van der Waals surface area (Å²) in [6.07, 6.45) is 3.87. The Hall–Kier alpha value is -1.04. The maximum absolute atomic E-state index is 8.87. The number of aromatic nitrogens is 2. The number of pyridine rings is 1. The van der Waals surface area contributed by atoms with Crippen LogP contribution in [0.1, 0.15) is 5.56 Å². The van der Waals surface area contributed by atoms with E-state index in [4.69, 9.17) is 5.26 Å². The molecule has 20 heavy (non-hydrogen) atoms. The van der Waals surface area contributed by atoms with Gasteiger partial charge >= 0.3 is 0 Å². The predicted octanol–water partition coefficient (Wildman–Crippen LogP) is 5.18. The van der Waals surface area contributed by atoms with E-state index in [0.29, 0.717) is 5.56 Å². The van der Waals surface area contributed by atoms with Gasteiger partial charge in [0.15, 0.2) is 5.65 Å². The monoisotopic (exact) mass is 455 g/mol. The molecule has 0 bridgehead atoms. The van der Waals surface area contributed by atoms with E-state index in [1.807, 2.05) is 28.2 Å². The van der Waals surface area contributed by atoms with Crippen LogP contribution >= 0.6 is 46.3 Å². The molecule has 0 amide bonds. The van der Waals surface area contributed by atoms with Crippen molar-refractivity contribution in [3.05, 3.63) is 52.8 Å². The Morgan fingerprint density at radius 1 is 1.30 bits per heavy atom. The maximum Gasteiger partial charge on any atom is 0.151 e. The molecule has 2 heterocycles. The van der Waals surface area contributed by atoms with Gasteiger partial charge in [-0.1, -0.05) is 12.1 Å². The second kappa shape index (κ2) is 5.76. The molecule has 0 radical (unpaired) electrons. The zero-order valence-electron chi connectivity index (χ0n) is 10.0. The Balaban J connectivity index is 2.24. The van der Waals surface area contributed by atoms with E-state index in [-0.39, 0.29) is 0 Å². The minimum Gasteiger partial charge on any atom is -0.265 e. The Morgan fingerprint density at radius 2 is 2.05 bits per heavy atom. The molecule has 0 aliphatic heterocycles. The van der Waals surface area contributed by atoms with Crippen LogP contribution in [0.25, 0.3) is 22.2 Å². The fourth-order valence-electron chi connectivity index (χ4n) is 2.06. The summed E-state index contributed by atoms with van der Waals surface area (Å²) >= 11 is 5.71. The molecule has 0 spiro atoms. The van der Waals surface area contributed by atoms with Crippen LogP contribution < -0.4 is 0 Å². The largest absolute Gasteiger partial charge is 0.265 e. The number of rotatable bonds is 2. The summed E-state index contributed by atoms with van der Waals surface area (Å²) in [6, 6.07) is 11.8. The molecule has 0 saturated heterocycles. The third kappa shape index (κ3) is 2.45. The number of nitrogens with zero attached hydrogens (tertiary/aromatic N) is 3. The lowest BCUT2D eigenvalue weighted by molar-refractivity contribution is 1.26. The van der Waals surface area contributed by atoms with E-state index in [1.54, 1.807) is 15.3 Å². The summed E-state index contributed by atoms with van der Waals surface area (Å²) < 4.78 is 2.99. The van der Waals surface area contributed by atoms with Crippen molar-refractivity contribution in [2.75, 3.05) is 0 Å². The number of halogens is 2. The molecule has 0 aliphatic rings. The molecule has 0 aliphatic carbocycles. The Bertz CT molecular complexity index is 821. The predicted molar refractivity (Wildman–Crippen MR) is 94.6 cm³/mol. The normalized spacial score (nSPS) is 10.7. The lowest BCUT2D eigenvalue weighted by Crippen LogP contribution is -1.82. The molecule has 98 valence electrons. The van der Waals surface area contributed by atoms with Crippen molar-refractivity contribution >= 4 is 57.3 Å². The van der Waals surface area contributed by atoms with Crippen molar-refractivity contribution in [1.29, 1.82) is 5.26 Å². The molecule has 0 N–H and O–H groups in total. The Labute approximate surface area is 140 Å². The van der Waals surface area contributed by atoms with Crippen LogP contribution in [-0.4, -0.2) is 8.96 Å². The zero-order chi connectivity index (χ0) is 14.1. The second-order valence-electron chi connectivity index (χ2n) is 4.15. The van der Waals surface area contributed by atoms with Gasteiger partial charge in [-0.25, -0.2) is 4.98 Å². The van der Waals surface area contributed by atoms with E-state index >= 15 is 0 Å². The van der Waals surface area contributed by atoms with Crippen molar-refractivity contribution in [3.63, 3.8) is 0 Å². The van der Waals surface area contributed by atoms with Gasteiger partial charge in [-0.15, -0.1) is 0 Å². The molecule has 0 fully saturated rings. The van der Waals surface area contributed by atoms with Crippen molar-refractivity contribution in [1.82, 2.24) is 8.96 Å². The zero-order valence-corrected chi connectivity index (χ0v) is 14.6. The van der Waals surface area contributed by atoms with Gasteiger partial charge in [0.25, 0.3) is 0 Å². The van der Waals surface area contributed by atoms with E-state index < -0.39 is 0 Å². The first-order chi connectivity index (χ1) is 9.72. The molecular weight excluding hydrogens is 449 g/mol. The standard InChI is InChI=1S/C14H7BrIN3S/c15-11-5-12-13(8-19(20-16)14(12)18-7-11)10-3-1-9(6-17)2-4-10/h1-5,7-8H. The first-order valence-corrected chi connectivity index (χ1v) is 9.80. The van der Waals surface area contributed by atoms with Crippen molar-refractivity contribution in [2.24, 2.45) is 0 Å². The highest BCUT2D eigenvalue weighted by atomic mass is 127. The van der Waals surface area contributed by atoms with E-state index in [0.717, 1.165) is 26.6 Å². The molecule has 0 atom stereocenters. The molecule has 3 nitrogen and oxygen atoms in total. The third-order valence-corrected chi connectivity index (χ3v) is 5.11. The second-order valence-corrected chi connectivity index (χ2v) is 6.78. The number of nitriles is 1. The van der Waals surface area contributed by atoms with Crippen LogP contribution in [0.3, 0.4) is 0 Å². The molecule has 3 aromatic rings. The number of benzene rings is 1. The average Bonchev–Trinajstić information content (AvgIpc) is 2.85. The topological polar surface area (TPSA) is 41.6 Å². The smallest absolute Gasteiger partial charge is 0.151 e. The minimum atomic E-state index is 0.667. The SMILES string of the molecule is N#Cc1ccc(-c2cn(SI)c3ncc(Br)cc23)cc1. The van der Waals surface area contributed by atoms with Crippen LogP contribution in [-0.2, 0) is 0 Å². The lowest BCUT2D eigenvalue weighted by Gasteiger charge is -1.99. The van der Waals surface area contributed by atoms with Crippen LogP contribution in [0.15, 0.2) is 47.2 Å². The fourth-order valence-corrected chi connectivity index (χ4v) is 3.65. The molecular formula is C14H7BrIN3S. The van der Waals surface area contributed by atoms with Gasteiger partial charge in [-0.3, -0.25) is 3.97 Å². The van der Waals surface area contributed by atoms with Crippen LogP contribution in [0, 0.1) is 11.3 Å². The highest BCUT2D eigenvalue weighted by Crippen LogP contribution is 2.34. The molecule has 0 unspecified atom stereocenters. The third-order valence-electron chi connectivity index (χ3n) is 2.98. The van der Waals surface area contributed by atoms with Crippen molar-refractivity contribution in [3.8, 4) is 17.2 Å².